The molecule has 0 saturated heterocycles. The van der Waals surface area contributed by atoms with Crippen molar-refractivity contribution in [3.63, 3.8) is 0 Å². The molecule has 0 saturated carbocycles. The number of rotatable bonds is 7. The zero-order chi connectivity index (χ0) is 22.6. The number of fused-ring (bicyclic) bond motifs is 1. The van der Waals surface area contributed by atoms with Gasteiger partial charge in [0.2, 0.25) is 0 Å². The highest BCUT2D eigenvalue weighted by Crippen LogP contribution is 2.38. The van der Waals surface area contributed by atoms with Crippen molar-refractivity contribution in [2.75, 3.05) is 24.5 Å². The second-order valence-electron chi connectivity index (χ2n) is 6.97. The third-order valence-electron chi connectivity index (χ3n) is 4.72. The number of benzene rings is 2. The summed E-state index contributed by atoms with van der Waals surface area (Å²) in [5, 5.41) is 3.29. The summed E-state index contributed by atoms with van der Waals surface area (Å²) in [6.07, 6.45) is 3.53. The summed E-state index contributed by atoms with van der Waals surface area (Å²) in [4.78, 5) is 16.3. The molecule has 0 bridgehead atoms. The Labute approximate surface area is 190 Å². The van der Waals surface area contributed by atoms with Gasteiger partial charge in [-0.3, -0.25) is 14.5 Å². The Morgan fingerprint density at radius 3 is 2.50 bits per heavy atom. The van der Waals surface area contributed by atoms with Crippen LogP contribution in [0.4, 0.5) is 5.69 Å². The van der Waals surface area contributed by atoms with Gasteiger partial charge in [0, 0.05) is 24.5 Å². The lowest BCUT2D eigenvalue weighted by Crippen LogP contribution is -2.26. The van der Waals surface area contributed by atoms with Crippen LogP contribution < -0.4 is 19.5 Å². The van der Waals surface area contributed by atoms with Crippen molar-refractivity contribution >= 4 is 33.2 Å². The van der Waals surface area contributed by atoms with E-state index in [1.165, 1.54) is 36.7 Å². The zero-order valence-electron chi connectivity index (χ0n) is 16.9. The molecule has 10 heteroatoms. The third-order valence-corrected chi connectivity index (χ3v) is 6.39. The second-order valence-corrected chi connectivity index (χ2v) is 9.06. The van der Waals surface area contributed by atoms with Crippen LogP contribution in [0.1, 0.15) is 15.9 Å². The van der Waals surface area contributed by atoms with Crippen molar-refractivity contribution in [1.29, 1.82) is 0 Å². The number of pyridine rings is 1. The average molecular weight is 474 g/mol. The summed E-state index contributed by atoms with van der Waals surface area (Å²) in [5.41, 5.74) is 1.66. The molecule has 1 amide bonds. The number of aromatic nitrogens is 1. The predicted octanol–water partition coefficient (Wildman–Crippen LogP) is 3.28. The monoisotopic (exact) mass is 473 g/mol. The molecule has 2 N–H and O–H groups in total. The Hall–Kier alpha value is -3.30. The van der Waals surface area contributed by atoms with Crippen molar-refractivity contribution in [2.24, 2.45) is 0 Å². The highest BCUT2D eigenvalue weighted by molar-refractivity contribution is 7.92. The van der Waals surface area contributed by atoms with E-state index in [0.29, 0.717) is 54.0 Å². The molecule has 0 fully saturated rings. The molecule has 4 rings (SSSR count). The number of halogens is 1. The summed E-state index contributed by atoms with van der Waals surface area (Å²) < 4.78 is 38.5. The van der Waals surface area contributed by atoms with Gasteiger partial charge in [-0.1, -0.05) is 11.6 Å². The summed E-state index contributed by atoms with van der Waals surface area (Å²) in [7, 11) is -3.76. The lowest BCUT2D eigenvalue weighted by molar-refractivity contribution is 0.0954. The number of carbonyl (C=O) groups excluding carboxylic acids is 1. The molecule has 2 aromatic carbocycles. The molecule has 1 aliphatic heterocycles. The number of hydrogen-bond donors (Lipinski definition) is 2. The summed E-state index contributed by atoms with van der Waals surface area (Å²) in [6.45, 7) is 1.30. The molecule has 0 aliphatic carbocycles. The van der Waals surface area contributed by atoms with E-state index in [2.05, 4.69) is 15.0 Å². The highest BCUT2D eigenvalue weighted by Gasteiger charge is 2.17. The van der Waals surface area contributed by atoms with E-state index in [1.54, 1.807) is 18.2 Å². The van der Waals surface area contributed by atoms with Gasteiger partial charge in [0.05, 0.1) is 15.6 Å². The molecular weight excluding hydrogens is 454 g/mol. The van der Waals surface area contributed by atoms with Gasteiger partial charge in [-0.25, -0.2) is 8.42 Å². The molecule has 0 radical (unpaired) electrons. The van der Waals surface area contributed by atoms with Crippen LogP contribution in [0.2, 0.25) is 5.02 Å². The molecule has 0 unspecified atom stereocenters. The molecular formula is C22H20ClN3O5S. The first-order chi connectivity index (χ1) is 15.4. The molecule has 1 aliphatic rings. The first-order valence-corrected chi connectivity index (χ1v) is 11.7. The predicted molar refractivity (Wildman–Crippen MR) is 120 cm³/mol. The molecule has 2 heterocycles. The van der Waals surface area contributed by atoms with Gasteiger partial charge >= 0.3 is 0 Å². The van der Waals surface area contributed by atoms with Gasteiger partial charge < -0.3 is 14.8 Å². The Kier molecular flexibility index (Phi) is 6.48. The molecule has 0 atom stereocenters. The fourth-order valence-corrected chi connectivity index (χ4v) is 4.50. The SMILES string of the molecule is O=C(NCCc1cc(Cl)c2c(c1)OCCO2)c1ccc(S(=O)(=O)Nc2ccncc2)cc1. The summed E-state index contributed by atoms with van der Waals surface area (Å²) in [5.74, 6) is 0.834. The van der Waals surface area contributed by atoms with Crippen molar-refractivity contribution in [3.05, 3.63) is 77.1 Å². The van der Waals surface area contributed by atoms with Gasteiger partial charge in [-0.15, -0.1) is 0 Å². The fourth-order valence-electron chi connectivity index (χ4n) is 3.15. The number of sulfonamides is 1. The number of nitrogens with zero attached hydrogens (tertiary/aromatic N) is 1. The molecule has 166 valence electrons. The zero-order valence-corrected chi connectivity index (χ0v) is 18.4. The number of carbonyl (C=O) groups is 1. The van der Waals surface area contributed by atoms with E-state index in [0.717, 1.165) is 5.56 Å². The van der Waals surface area contributed by atoms with Gasteiger partial charge in [0.15, 0.2) is 11.5 Å². The van der Waals surface area contributed by atoms with E-state index in [9.17, 15) is 13.2 Å². The fraction of sp³-hybridized carbons (Fsp3) is 0.182. The molecule has 3 aromatic rings. The highest BCUT2D eigenvalue weighted by atomic mass is 35.5. The Balaban J connectivity index is 1.35. The molecule has 0 spiro atoms. The maximum Gasteiger partial charge on any atom is 0.261 e. The minimum Gasteiger partial charge on any atom is -0.486 e. The van der Waals surface area contributed by atoms with Crippen LogP contribution in [0.5, 0.6) is 11.5 Å². The Morgan fingerprint density at radius 2 is 1.75 bits per heavy atom. The smallest absolute Gasteiger partial charge is 0.261 e. The van der Waals surface area contributed by atoms with Gasteiger partial charge in [-0.2, -0.15) is 0 Å². The minimum absolute atomic E-state index is 0.0526. The largest absolute Gasteiger partial charge is 0.486 e. The topological polar surface area (TPSA) is 107 Å². The van der Waals surface area contributed by atoms with Crippen molar-refractivity contribution in [2.45, 2.75) is 11.3 Å². The van der Waals surface area contributed by atoms with Crippen LogP contribution in [0.25, 0.3) is 0 Å². The van der Waals surface area contributed by atoms with E-state index < -0.39 is 10.0 Å². The van der Waals surface area contributed by atoms with Crippen LogP contribution in [0, 0.1) is 0 Å². The number of amides is 1. The molecule has 1 aromatic heterocycles. The molecule has 32 heavy (non-hydrogen) atoms. The normalized spacial score (nSPS) is 12.8. The van der Waals surface area contributed by atoms with E-state index in [-0.39, 0.29) is 10.8 Å². The first kappa shape index (κ1) is 21.9. The minimum atomic E-state index is -3.76. The number of ether oxygens (including phenoxy) is 2. The van der Waals surface area contributed by atoms with E-state index >= 15 is 0 Å². The lowest BCUT2D eigenvalue weighted by atomic mass is 10.1. The maximum atomic E-state index is 12.5. The van der Waals surface area contributed by atoms with Crippen molar-refractivity contribution in [3.8, 4) is 11.5 Å². The summed E-state index contributed by atoms with van der Waals surface area (Å²) >= 11 is 6.24. The van der Waals surface area contributed by atoms with Crippen LogP contribution >= 0.6 is 11.6 Å². The standard InChI is InChI=1S/C22H20ClN3O5S/c23-19-13-15(14-20-21(19)31-12-11-30-20)5-10-25-22(27)16-1-3-18(4-2-16)32(28,29)26-17-6-8-24-9-7-17/h1-4,6-9,13-14H,5,10-12H2,(H,24,26)(H,25,27). The number of nitrogens with one attached hydrogen (secondary N) is 2. The quantitative estimate of drug-likeness (QED) is 0.545. The number of anilines is 1. The summed E-state index contributed by atoms with van der Waals surface area (Å²) in [6, 6.07) is 12.5. The Bertz CT molecular complexity index is 1220. The Morgan fingerprint density at radius 1 is 1.03 bits per heavy atom. The average Bonchev–Trinajstić information content (AvgIpc) is 2.79. The van der Waals surface area contributed by atoms with Crippen LogP contribution in [0.3, 0.4) is 0 Å². The van der Waals surface area contributed by atoms with Crippen molar-refractivity contribution < 1.29 is 22.7 Å². The molecule has 8 nitrogen and oxygen atoms in total. The van der Waals surface area contributed by atoms with Crippen molar-refractivity contribution in [1.82, 2.24) is 10.3 Å². The first-order valence-electron chi connectivity index (χ1n) is 9.81. The third kappa shape index (κ3) is 5.12. The van der Waals surface area contributed by atoms with Crippen LogP contribution in [0.15, 0.2) is 65.8 Å². The number of hydrogen-bond acceptors (Lipinski definition) is 6. The van der Waals surface area contributed by atoms with E-state index in [4.69, 9.17) is 21.1 Å². The van der Waals surface area contributed by atoms with E-state index in [1.807, 2.05) is 6.07 Å². The lowest BCUT2D eigenvalue weighted by Gasteiger charge is -2.20. The van der Waals surface area contributed by atoms with Gasteiger partial charge in [0.1, 0.15) is 13.2 Å². The second kappa shape index (κ2) is 9.46. The van der Waals surface area contributed by atoms with Crippen LogP contribution in [-0.4, -0.2) is 39.1 Å². The van der Waals surface area contributed by atoms with Gasteiger partial charge in [-0.05, 0) is 60.5 Å². The van der Waals surface area contributed by atoms with Crippen LogP contribution in [-0.2, 0) is 16.4 Å². The maximum absolute atomic E-state index is 12.5. The van der Waals surface area contributed by atoms with Gasteiger partial charge in [0.25, 0.3) is 15.9 Å².